The molecule has 20 heavy (non-hydrogen) atoms. The van der Waals surface area contributed by atoms with Gasteiger partial charge in [0.05, 0.1) is 12.8 Å². The van der Waals surface area contributed by atoms with E-state index in [0.29, 0.717) is 0 Å². The smallest absolute Gasteiger partial charge is 0.395 e. The number of nitrogens with one attached hydrogen (secondary N) is 1. The molecule has 10 heteroatoms. The molecule has 0 aliphatic heterocycles. The second-order valence-electron chi connectivity index (χ2n) is 4.01. The Morgan fingerprint density at radius 2 is 2.20 bits per heavy atom. The van der Waals surface area contributed by atoms with Gasteiger partial charge in [-0.15, -0.1) is 0 Å². The van der Waals surface area contributed by atoms with Crippen molar-refractivity contribution in [1.29, 1.82) is 0 Å². The largest absolute Gasteiger partial charge is 0.405 e. The Kier molecular flexibility index (Phi) is 3.95. The molecule has 0 aliphatic rings. The van der Waals surface area contributed by atoms with Gasteiger partial charge in [-0.25, -0.2) is 15.8 Å². The van der Waals surface area contributed by atoms with Crippen molar-refractivity contribution >= 4 is 17.3 Å². The molecule has 0 radical (unpaired) electrons. The molecule has 2 rings (SSSR count). The van der Waals surface area contributed by atoms with E-state index in [1.807, 2.05) is 0 Å². The van der Waals surface area contributed by atoms with Gasteiger partial charge in [-0.3, -0.25) is 0 Å². The van der Waals surface area contributed by atoms with Gasteiger partial charge in [0.1, 0.15) is 6.54 Å². The number of nitrogens with two attached hydrogens (primary N) is 1. The van der Waals surface area contributed by atoms with E-state index >= 15 is 0 Å². The lowest BCUT2D eigenvalue weighted by Crippen LogP contribution is -2.37. The molecular weight excluding hydrogens is 277 g/mol. The number of aromatic nitrogens is 3. The highest BCUT2D eigenvalue weighted by atomic mass is 19.4. The standard InChI is InChI=1S/C10H13F3N6O/c11-10(12,13)6-19(3-4-20)9-8-15-1-2-18(8)5-7(16-9)17-14/h1-2,5,17,20H,3-4,6,14H2. The number of aliphatic hydroxyl groups is 1. The van der Waals surface area contributed by atoms with Crippen molar-refractivity contribution < 1.29 is 18.3 Å². The summed E-state index contributed by atoms with van der Waals surface area (Å²) in [6.45, 7) is -1.90. The number of nitrogens with zero attached hydrogens (tertiary/aromatic N) is 4. The number of hydrogen-bond donors (Lipinski definition) is 3. The zero-order chi connectivity index (χ0) is 14.8. The molecule has 110 valence electrons. The van der Waals surface area contributed by atoms with Gasteiger partial charge in [0.15, 0.2) is 17.3 Å². The van der Waals surface area contributed by atoms with Crippen molar-refractivity contribution in [3.8, 4) is 0 Å². The fraction of sp³-hybridized carbons (Fsp3) is 0.400. The van der Waals surface area contributed by atoms with E-state index in [0.717, 1.165) is 4.90 Å². The maximum Gasteiger partial charge on any atom is 0.405 e. The summed E-state index contributed by atoms with van der Waals surface area (Å²) >= 11 is 0. The van der Waals surface area contributed by atoms with Gasteiger partial charge in [-0.05, 0) is 0 Å². The summed E-state index contributed by atoms with van der Waals surface area (Å²) in [6, 6.07) is 0. The Balaban J connectivity index is 2.48. The fourth-order valence-corrected chi connectivity index (χ4v) is 1.79. The van der Waals surface area contributed by atoms with Gasteiger partial charge in [0, 0.05) is 18.9 Å². The number of anilines is 2. The highest BCUT2D eigenvalue weighted by Crippen LogP contribution is 2.24. The first-order valence-electron chi connectivity index (χ1n) is 5.67. The van der Waals surface area contributed by atoms with E-state index < -0.39 is 19.3 Å². The number of nitrogen functional groups attached to an aromatic ring is 1. The van der Waals surface area contributed by atoms with Crippen molar-refractivity contribution in [2.75, 3.05) is 30.0 Å². The molecule has 0 unspecified atom stereocenters. The number of aliphatic hydroxyl groups excluding tert-OH is 1. The van der Waals surface area contributed by atoms with Crippen LogP contribution in [-0.2, 0) is 0 Å². The quantitative estimate of drug-likeness (QED) is 0.544. The molecule has 0 amide bonds. The molecule has 4 N–H and O–H groups in total. The first kappa shape index (κ1) is 14.3. The lowest BCUT2D eigenvalue weighted by atomic mass is 10.4. The molecule has 0 saturated carbocycles. The zero-order valence-electron chi connectivity index (χ0n) is 10.3. The Morgan fingerprint density at radius 1 is 1.45 bits per heavy atom. The van der Waals surface area contributed by atoms with E-state index in [1.165, 1.54) is 16.8 Å². The summed E-state index contributed by atoms with van der Waals surface area (Å²) in [4.78, 5) is 8.86. The molecule has 7 nitrogen and oxygen atoms in total. The molecule has 0 bridgehead atoms. The minimum absolute atomic E-state index is 0.00294. The average molecular weight is 290 g/mol. The van der Waals surface area contributed by atoms with Crippen molar-refractivity contribution in [2.24, 2.45) is 5.84 Å². The highest BCUT2D eigenvalue weighted by Gasteiger charge is 2.32. The minimum atomic E-state index is -4.42. The van der Waals surface area contributed by atoms with Crippen molar-refractivity contribution in [3.63, 3.8) is 0 Å². The summed E-state index contributed by atoms with van der Waals surface area (Å²) in [5.74, 6) is 5.43. The molecule has 0 saturated heterocycles. The SMILES string of the molecule is NNc1cn2ccnc2c(N(CCO)CC(F)(F)F)n1. The Hall–Kier alpha value is -2.07. The topological polar surface area (TPSA) is 91.7 Å². The van der Waals surface area contributed by atoms with Crippen LogP contribution < -0.4 is 16.2 Å². The lowest BCUT2D eigenvalue weighted by Gasteiger charge is -2.24. The van der Waals surface area contributed by atoms with Gasteiger partial charge in [0.25, 0.3) is 0 Å². The van der Waals surface area contributed by atoms with Crippen molar-refractivity contribution in [3.05, 3.63) is 18.6 Å². The maximum absolute atomic E-state index is 12.6. The van der Waals surface area contributed by atoms with Crippen LogP contribution in [-0.4, -0.2) is 45.3 Å². The summed E-state index contributed by atoms with van der Waals surface area (Å²) < 4.78 is 39.3. The van der Waals surface area contributed by atoms with Gasteiger partial charge in [-0.1, -0.05) is 0 Å². The number of alkyl halides is 3. The predicted molar refractivity (Wildman–Crippen MR) is 66.2 cm³/mol. The Morgan fingerprint density at radius 3 is 2.80 bits per heavy atom. The first-order valence-corrected chi connectivity index (χ1v) is 5.67. The van der Waals surface area contributed by atoms with Crippen LogP contribution in [0.15, 0.2) is 18.6 Å². The van der Waals surface area contributed by atoms with Crippen molar-refractivity contribution in [2.45, 2.75) is 6.18 Å². The van der Waals surface area contributed by atoms with Gasteiger partial charge < -0.3 is 19.8 Å². The number of rotatable bonds is 5. The van der Waals surface area contributed by atoms with Crippen molar-refractivity contribution in [1.82, 2.24) is 14.4 Å². The van der Waals surface area contributed by atoms with Crippen LogP contribution >= 0.6 is 0 Å². The molecule has 2 aromatic heterocycles. The van der Waals surface area contributed by atoms with E-state index in [1.54, 1.807) is 6.20 Å². The molecular formula is C10H13F3N6O. The highest BCUT2D eigenvalue weighted by molar-refractivity contribution is 5.66. The van der Waals surface area contributed by atoms with Crippen LogP contribution in [0.2, 0.25) is 0 Å². The van der Waals surface area contributed by atoms with Gasteiger partial charge in [-0.2, -0.15) is 13.2 Å². The summed E-state index contributed by atoms with van der Waals surface area (Å²) in [6.07, 6.45) is 0.0702. The van der Waals surface area contributed by atoms with E-state index in [2.05, 4.69) is 15.4 Å². The van der Waals surface area contributed by atoms with E-state index in [9.17, 15) is 13.2 Å². The third-order valence-electron chi connectivity index (χ3n) is 2.54. The fourth-order valence-electron chi connectivity index (χ4n) is 1.79. The molecule has 0 fully saturated rings. The lowest BCUT2D eigenvalue weighted by molar-refractivity contribution is -0.119. The van der Waals surface area contributed by atoms with Crippen LogP contribution in [0.4, 0.5) is 24.8 Å². The summed E-state index contributed by atoms with van der Waals surface area (Å²) in [5.41, 5.74) is 2.53. The Bertz CT molecular complexity index is 584. The summed E-state index contributed by atoms with van der Waals surface area (Å²) in [7, 11) is 0. The third kappa shape index (κ3) is 3.08. The second-order valence-corrected chi connectivity index (χ2v) is 4.01. The molecule has 0 aromatic carbocycles. The van der Waals surface area contributed by atoms with Crippen LogP contribution in [0.1, 0.15) is 0 Å². The zero-order valence-corrected chi connectivity index (χ0v) is 10.3. The first-order chi connectivity index (χ1) is 9.44. The van der Waals surface area contributed by atoms with Gasteiger partial charge >= 0.3 is 6.18 Å². The third-order valence-corrected chi connectivity index (χ3v) is 2.54. The molecule has 0 aliphatic carbocycles. The second kappa shape index (κ2) is 5.51. The average Bonchev–Trinajstić information content (AvgIpc) is 2.83. The van der Waals surface area contributed by atoms with E-state index in [4.69, 9.17) is 10.9 Å². The number of imidazole rings is 1. The summed E-state index contributed by atoms with van der Waals surface area (Å²) in [5, 5.41) is 8.94. The van der Waals surface area contributed by atoms with E-state index in [-0.39, 0.29) is 23.8 Å². The normalized spacial score (nSPS) is 11.8. The van der Waals surface area contributed by atoms with Crippen LogP contribution in [0, 0.1) is 0 Å². The molecule has 0 spiro atoms. The monoisotopic (exact) mass is 290 g/mol. The van der Waals surface area contributed by atoms with Crippen LogP contribution in [0.5, 0.6) is 0 Å². The number of halogens is 3. The minimum Gasteiger partial charge on any atom is -0.395 e. The number of hydrogen-bond acceptors (Lipinski definition) is 6. The number of fused-ring (bicyclic) bond motifs is 1. The Labute approximate surface area is 111 Å². The predicted octanol–water partition coefficient (Wildman–Crippen LogP) is 0.376. The number of hydrazine groups is 1. The molecule has 2 aromatic rings. The van der Waals surface area contributed by atoms with Crippen LogP contribution in [0.3, 0.4) is 0 Å². The molecule has 0 atom stereocenters. The molecule has 2 heterocycles. The van der Waals surface area contributed by atoms with Gasteiger partial charge in [0.2, 0.25) is 0 Å². The maximum atomic E-state index is 12.6. The van der Waals surface area contributed by atoms with Crippen LogP contribution in [0.25, 0.3) is 5.65 Å².